The Morgan fingerprint density at radius 3 is 2.56 bits per heavy atom. The van der Waals surface area contributed by atoms with Gasteiger partial charge < -0.3 is 0 Å². The Hall–Kier alpha value is -2.42. The number of sulfonamides is 1. The molecular formula is C25H21ClF3NO2S2. The summed E-state index contributed by atoms with van der Waals surface area (Å²) in [6, 6.07) is 14.6. The van der Waals surface area contributed by atoms with E-state index in [9.17, 15) is 21.6 Å². The van der Waals surface area contributed by atoms with Gasteiger partial charge in [-0.25, -0.2) is 21.6 Å². The third-order valence-corrected chi connectivity index (χ3v) is 8.64. The minimum atomic E-state index is -4.08. The van der Waals surface area contributed by atoms with E-state index in [0.29, 0.717) is 22.6 Å². The third kappa shape index (κ3) is 4.85. The fraction of sp³-hybridized carbons (Fsp3) is 0.200. The smallest absolute Gasteiger partial charge is 0.264 e. The minimum absolute atomic E-state index is 0.192. The van der Waals surface area contributed by atoms with E-state index >= 15 is 0 Å². The van der Waals surface area contributed by atoms with Gasteiger partial charge in [0.15, 0.2) is 0 Å². The molecule has 0 saturated heterocycles. The van der Waals surface area contributed by atoms with Crippen molar-refractivity contribution in [2.24, 2.45) is 0 Å². The average molecular weight is 524 g/mol. The van der Waals surface area contributed by atoms with Gasteiger partial charge in [-0.15, -0.1) is 11.8 Å². The van der Waals surface area contributed by atoms with Gasteiger partial charge in [0.05, 0.1) is 15.6 Å². The number of rotatable bonds is 5. The highest BCUT2D eigenvalue weighted by molar-refractivity contribution is 8.00. The monoisotopic (exact) mass is 523 g/mol. The number of allylic oxidation sites excluding steroid dienone is 1. The molecule has 9 heteroatoms. The van der Waals surface area contributed by atoms with Crippen LogP contribution in [0.25, 0.3) is 11.6 Å². The first-order valence-electron chi connectivity index (χ1n) is 10.4. The van der Waals surface area contributed by atoms with Crippen molar-refractivity contribution in [1.82, 2.24) is 0 Å². The van der Waals surface area contributed by atoms with E-state index in [4.69, 9.17) is 11.6 Å². The maximum atomic E-state index is 14.3. The quantitative estimate of drug-likeness (QED) is 0.326. The first-order valence-corrected chi connectivity index (χ1v) is 13.2. The summed E-state index contributed by atoms with van der Waals surface area (Å²) in [4.78, 5) is 0.560. The Bertz CT molecular complexity index is 1360. The van der Waals surface area contributed by atoms with E-state index in [1.165, 1.54) is 46.4 Å². The van der Waals surface area contributed by atoms with Gasteiger partial charge in [0.2, 0.25) is 0 Å². The number of fused-ring (bicyclic) bond motifs is 1. The summed E-state index contributed by atoms with van der Waals surface area (Å²) in [6.45, 7) is 2.65. The lowest BCUT2D eigenvalue weighted by Gasteiger charge is -2.30. The van der Waals surface area contributed by atoms with Crippen molar-refractivity contribution < 1.29 is 21.6 Å². The highest BCUT2D eigenvalue weighted by Gasteiger charge is 2.32. The van der Waals surface area contributed by atoms with Gasteiger partial charge in [-0.3, -0.25) is 4.31 Å². The van der Waals surface area contributed by atoms with Gasteiger partial charge in [0.25, 0.3) is 15.9 Å². The number of benzene rings is 3. The van der Waals surface area contributed by atoms with Crippen LogP contribution in [-0.4, -0.2) is 20.7 Å². The van der Waals surface area contributed by atoms with Crippen LogP contribution in [-0.2, 0) is 15.9 Å². The molecule has 0 aliphatic carbocycles. The molecule has 0 N–H and O–H groups in total. The van der Waals surface area contributed by atoms with Gasteiger partial charge >= 0.3 is 0 Å². The summed E-state index contributed by atoms with van der Waals surface area (Å²) < 4.78 is 70.1. The zero-order valence-electron chi connectivity index (χ0n) is 18.4. The molecule has 1 aliphatic rings. The van der Waals surface area contributed by atoms with Crippen LogP contribution in [0.1, 0.15) is 30.5 Å². The number of hydrogen-bond donors (Lipinski definition) is 0. The van der Waals surface area contributed by atoms with Crippen molar-refractivity contribution in [2.45, 2.75) is 29.6 Å². The molecule has 0 fully saturated rings. The molecule has 1 aliphatic heterocycles. The molecule has 3 aromatic rings. The number of alkyl halides is 2. The molecule has 0 atom stereocenters. The number of halogens is 4. The highest BCUT2D eigenvalue weighted by Crippen LogP contribution is 2.40. The second-order valence-corrected chi connectivity index (χ2v) is 11.4. The largest absolute Gasteiger partial charge is 0.270 e. The first kappa shape index (κ1) is 24.7. The number of thioether (sulfide) groups is 1. The first-order chi connectivity index (χ1) is 16.0. The lowest BCUT2D eigenvalue weighted by Crippen LogP contribution is -2.35. The molecule has 0 aromatic heterocycles. The molecule has 0 bridgehead atoms. The van der Waals surface area contributed by atoms with Gasteiger partial charge in [0.1, 0.15) is 5.82 Å². The van der Waals surface area contributed by atoms with Crippen LogP contribution in [0, 0.1) is 5.82 Å². The van der Waals surface area contributed by atoms with Crippen molar-refractivity contribution in [3.05, 3.63) is 88.2 Å². The summed E-state index contributed by atoms with van der Waals surface area (Å²) in [5.74, 6) is -3.09. The van der Waals surface area contributed by atoms with E-state index in [-0.39, 0.29) is 27.6 Å². The van der Waals surface area contributed by atoms with Crippen LogP contribution in [0.5, 0.6) is 0 Å². The molecule has 3 aromatic carbocycles. The third-order valence-electron chi connectivity index (χ3n) is 5.47. The van der Waals surface area contributed by atoms with Gasteiger partial charge in [-0.1, -0.05) is 41.9 Å². The Morgan fingerprint density at radius 2 is 1.85 bits per heavy atom. The van der Waals surface area contributed by atoms with Crippen LogP contribution >= 0.6 is 23.4 Å². The fourth-order valence-electron chi connectivity index (χ4n) is 3.80. The highest BCUT2D eigenvalue weighted by atomic mass is 35.5. The predicted octanol–water partition coefficient (Wildman–Crippen LogP) is 7.45. The zero-order valence-corrected chi connectivity index (χ0v) is 20.7. The van der Waals surface area contributed by atoms with E-state index < -0.39 is 21.8 Å². The fourth-order valence-corrected chi connectivity index (χ4v) is 6.79. The molecule has 3 nitrogen and oxygen atoms in total. The second kappa shape index (κ2) is 9.32. The van der Waals surface area contributed by atoms with Crippen LogP contribution in [0.3, 0.4) is 0 Å². The summed E-state index contributed by atoms with van der Waals surface area (Å²) in [7, 11) is -4.08. The molecular weight excluding hydrogens is 503 g/mol. The standard InChI is InChI=1S/C25H21ClF3NO2S2/c1-16(24-20(26)7-4-8-21(24)27)13-17-9-10-23-22(14-17)30(11-12-33-23)34(31,32)19-6-3-5-18(15-19)25(2,28)29/h3-10,13-15H,11-12H2,1-2H3. The molecule has 4 rings (SSSR count). The normalized spacial score (nSPS) is 14.8. The summed E-state index contributed by atoms with van der Waals surface area (Å²) in [5.41, 5.74) is 1.60. The van der Waals surface area contributed by atoms with E-state index in [2.05, 4.69) is 0 Å². The molecule has 0 saturated carbocycles. The summed E-state index contributed by atoms with van der Waals surface area (Å²) in [5, 5.41) is 0.277. The van der Waals surface area contributed by atoms with Crippen molar-refractivity contribution >= 4 is 50.7 Å². The predicted molar refractivity (Wildman–Crippen MR) is 133 cm³/mol. The minimum Gasteiger partial charge on any atom is -0.264 e. The average Bonchev–Trinajstić information content (AvgIpc) is 2.78. The lowest BCUT2D eigenvalue weighted by molar-refractivity contribution is 0.0172. The Morgan fingerprint density at radius 1 is 1.12 bits per heavy atom. The topological polar surface area (TPSA) is 37.4 Å². The van der Waals surface area contributed by atoms with Crippen LogP contribution < -0.4 is 4.31 Å². The maximum absolute atomic E-state index is 14.3. The van der Waals surface area contributed by atoms with Gasteiger partial charge in [0, 0.05) is 35.2 Å². The second-order valence-electron chi connectivity index (χ2n) is 7.99. The number of anilines is 1. The zero-order chi connectivity index (χ0) is 24.7. The lowest BCUT2D eigenvalue weighted by atomic mass is 10.0. The maximum Gasteiger partial charge on any atom is 0.270 e. The molecule has 0 radical (unpaired) electrons. The van der Waals surface area contributed by atoms with E-state index in [0.717, 1.165) is 17.9 Å². The molecule has 1 heterocycles. The molecule has 0 unspecified atom stereocenters. The van der Waals surface area contributed by atoms with Crippen LogP contribution in [0.2, 0.25) is 5.02 Å². The van der Waals surface area contributed by atoms with Crippen molar-refractivity contribution in [3.8, 4) is 0 Å². The van der Waals surface area contributed by atoms with Gasteiger partial charge in [-0.2, -0.15) is 0 Å². The molecule has 0 amide bonds. The molecule has 178 valence electrons. The molecule has 34 heavy (non-hydrogen) atoms. The summed E-state index contributed by atoms with van der Waals surface area (Å²) >= 11 is 7.69. The van der Waals surface area contributed by atoms with E-state index in [1.54, 1.807) is 31.2 Å². The molecule has 0 spiro atoms. The number of hydrogen-bond acceptors (Lipinski definition) is 3. The summed E-state index contributed by atoms with van der Waals surface area (Å²) in [6.07, 6.45) is 1.73. The SMILES string of the molecule is CC(=Cc1ccc2c(c1)N(S(=O)(=O)c1cccc(C(C)(F)F)c1)CCS2)c1c(F)cccc1Cl. The van der Waals surface area contributed by atoms with Crippen LogP contribution in [0.15, 0.2) is 70.5 Å². The number of nitrogens with zero attached hydrogens (tertiary/aromatic N) is 1. The Kier molecular flexibility index (Phi) is 6.77. The Labute approximate surface area is 206 Å². The Balaban J connectivity index is 1.76. The van der Waals surface area contributed by atoms with Gasteiger partial charge in [-0.05, 0) is 54.5 Å². The van der Waals surface area contributed by atoms with E-state index in [1.807, 2.05) is 6.07 Å². The van der Waals surface area contributed by atoms with Crippen molar-refractivity contribution in [2.75, 3.05) is 16.6 Å². The van der Waals surface area contributed by atoms with Crippen molar-refractivity contribution in [1.29, 1.82) is 0 Å². The van der Waals surface area contributed by atoms with Crippen molar-refractivity contribution in [3.63, 3.8) is 0 Å². The van der Waals surface area contributed by atoms with Crippen LogP contribution in [0.4, 0.5) is 18.9 Å².